The molecule has 38 heavy (non-hydrogen) atoms. The van der Waals surface area contributed by atoms with Crippen LogP contribution in [0.25, 0.3) is 0 Å². The molecule has 1 amide bonds. The Labute approximate surface area is 231 Å². The number of amides is 1. The molecule has 1 aromatic heterocycles. The van der Waals surface area contributed by atoms with E-state index >= 15 is 0 Å². The van der Waals surface area contributed by atoms with E-state index in [0.717, 1.165) is 44.1 Å². The molecular weight excluding hydrogens is 496 g/mol. The lowest BCUT2D eigenvalue weighted by Crippen LogP contribution is -2.50. The number of rotatable bonds is 5. The number of thiophene rings is 1. The summed E-state index contributed by atoms with van der Waals surface area (Å²) in [6, 6.07) is 11.5. The van der Waals surface area contributed by atoms with Gasteiger partial charge in [-0.2, -0.15) is 0 Å². The Bertz CT molecular complexity index is 1180. The average molecular weight is 539 g/mol. The van der Waals surface area contributed by atoms with E-state index in [0.29, 0.717) is 19.1 Å². The van der Waals surface area contributed by atoms with Crippen LogP contribution in [0.1, 0.15) is 62.3 Å². The maximum atomic E-state index is 12.4. The molecule has 206 valence electrons. The van der Waals surface area contributed by atoms with Crippen molar-refractivity contribution in [1.82, 2.24) is 9.80 Å². The molecule has 2 fully saturated rings. The second-order valence-corrected chi connectivity index (χ2v) is 13.3. The second kappa shape index (κ2) is 10.6. The number of benzene rings is 1. The Morgan fingerprint density at radius 1 is 1.13 bits per heavy atom. The molecule has 3 aliphatic rings. The molecule has 2 saturated heterocycles. The summed E-state index contributed by atoms with van der Waals surface area (Å²) in [5.41, 5.74) is 4.10. The highest BCUT2D eigenvalue weighted by atomic mass is 32.1. The first-order valence-electron chi connectivity index (χ1n) is 13.8. The molecule has 0 spiro atoms. The zero-order valence-corrected chi connectivity index (χ0v) is 24.6. The minimum Gasteiger partial charge on any atom is -0.444 e. The maximum Gasteiger partial charge on any atom is 0.410 e. The number of likely N-dealkylation sites (tertiary alicyclic amines) is 1. The van der Waals surface area contributed by atoms with Crippen molar-refractivity contribution in [2.75, 3.05) is 51.3 Å². The van der Waals surface area contributed by atoms with Crippen LogP contribution < -0.4 is 4.90 Å². The zero-order chi connectivity index (χ0) is 27.1. The van der Waals surface area contributed by atoms with Gasteiger partial charge in [0.05, 0.1) is 28.4 Å². The first-order valence-corrected chi connectivity index (χ1v) is 14.7. The van der Waals surface area contributed by atoms with Crippen LogP contribution in [0.2, 0.25) is 0 Å². The van der Waals surface area contributed by atoms with E-state index in [4.69, 9.17) is 14.5 Å². The fourth-order valence-electron chi connectivity index (χ4n) is 6.15. The Morgan fingerprint density at radius 2 is 1.84 bits per heavy atom. The largest absolute Gasteiger partial charge is 0.444 e. The molecule has 5 rings (SSSR count). The molecular formula is C30H42N4O3S. The molecule has 2 atom stereocenters. The van der Waals surface area contributed by atoms with Crippen molar-refractivity contribution in [3.63, 3.8) is 0 Å². The van der Waals surface area contributed by atoms with E-state index in [1.54, 1.807) is 0 Å². The van der Waals surface area contributed by atoms with Crippen molar-refractivity contribution >= 4 is 34.5 Å². The van der Waals surface area contributed by atoms with Gasteiger partial charge in [0, 0.05) is 56.3 Å². The molecule has 3 aliphatic heterocycles. The summed E-state index contributed by atoms with van der Waals surface area (Å²) in [7, 11) is 1.81. The Balaban J connectivity index is 1.31. The number of anilines is 1. The van der Waals surface area contributed by atoms with Gasteiger partial charge < -0.3 is 19.3 Å². The van der Waals surface area contributed by atoms with Crippen LogP contribution in [-0.4, -0.2) is 79.7 Å². The van der Waals surface area contributed by atoms with E-state index < -0.39 is 5.60 Å². The minimum atomic E-state index is -0.468. The van der Waals surface area contributed by atoms with Crippen molar-refractivity contribution in [2.24, 2.45) is 4.99 Å². The molecule has 2 aromatic rings. The first kappa shape index (κ1) is 27.2. The van der Waals surface area contributed by atoms with Gasteiger partial charge in [-0.3, -0.25) is 9.89 Å². The number of carbonyl (C=O) groups is 1. The van der Waals surface area contributed by atoms with Crippen LogP contribution in [0.15, 0.2) is 35.3 Å². The Morgan fingerprint density at radius 3 is 2.50 bits per heavy atom. The highest BCUT2D eigenvalue weighted by Gasteiger charge is 2.45. The average Bonchev–Trinajstić information content (AvgIpc) is 3.50. The van der Waals surface area contributed by atoms with Gasteiger partial charge in [-0.25, -0.2) is 4.79 Å². The number of fused-ring (bicyclic) bond motifs is 1. The SMILES string of the molecule is COC[C@@H]1CCCN1C1(C)CC(c2ccc(N3CCN(C(=O)OC(C)(C)C)CC3)cc2)=Nc2cc(C)sc21. The van der Waals surface area contributed by atoms with Gasteiger partial charge in [-0.15, -0.1) is 11.3 Å². The second-order valence-electron chi connectivity index (χ2n) is 12.0. The monoisotopic (exact) mass is 538 g/mol. The predicted octanol–water partition coefficient (Wildman–Crippen LogP) is 5.96. The van der Waals surface area contributed by atoms with Gasteiger partial charge in [-0.1, -0.05) is 12.1 Å². The lowest BCUT2D eigenvalue weighted by Gasteiger charge is -2.44. The highest BCUT2D eigenvalue weighted by molar-refractivity contribution is 7.12. The molecule has 1 unspecified atom stereocenters. The quantitative estimate of drug-likeness (QED) is 0.470. The van der Waals surface area contributed by atoms with E-state index in [9.17, 15) is 4.79 Å². The van der Waals surface area contributed by atoms with Crippen LogP contribution in [0.5, 0.6) is 0 Å². The summed E-state index contributed by atoms with van der Waals surface area (Å²) in [5.74, 6) is 0. The zero-order valence-electron chi connectivity index (χ0n) is 23.7. The van der Waals surface area contributed by atoms with Crippen molar-refractivity contribution in [3.05, 3.63) is 45.6 Å². The van der Waals surface area contributed by atoms with Gasteiger partial charge in [0.2, 0.25) is 0 Å². The summed E-state index contributed by atoms with van der Waals surface area (Å²) in [6.45, 7) is 15.1. The van der Waals surface area contributed by atoms with E-state index in [1.807, 2.05) is 44.1 Å². The molecule has 4 heterocycles. The molecule has 7 nitrogen and oxygen atoms in total. The fraction of sp³-hybridized carbons (Fsp3) is 0.600. The molecule has 1 aromatic carbocycles. The third kappa shape index (κ3) is 5.49. The number of piperazine rings is 1. The molecule has 0 aliphatic carbocycles. The fourth-order valence-corrected chi connectivity index (χ4v) is 7.26. The van der Waals surface area contributed by atoms with Crippen molar-refractivity contribution in [3.8, 4) is 0 Å². The van der Waals surface area contributed by atoms with Gasteiger partial charge in [0.1, 0.15) is 5.60 Å². The van der Waals surface area contributed by atoms with Crippen LogP contribution in [0.3, 0.4) is 0 Å². The van der Waals surface area contributed by atoms with Crippen LogP contribution in [0.4, 0.5) is 16.2 Å². The van der Waals surface area contributed by atoms with Crippen molar-refractivity contribution < 1.29 is 14.3 Å². The standard InChI is InChI=1S/C30H42N4O3S/c1-21-18-25-27(38-21)30(5,34-13-7-8-24(34)20-36-6)19-26(31-25)22-9-11-23(12-10-22)32-14-16-33(17-15-32)28(35)37-29(2,3)4/h9-12,18,24H,7-8,13-17,19-20H2,1-6H3/t24-,30?/m0/s1. The van der Waals surface area contributed by atoms with Crippen LogP contribution >= 0.6 is 11.3 Å². The number of aliphatic imine (C=N–C) groups is 1. The highest BCUT2D eigenvalue weighted by Crippen LogP contribution is 2.49. The van der Waals surface area contributed by atoms with Gasteiger partial charge in [0.15, 0.2) is 0 Å². The topological polar surface area (TPSA) is 57.6 Å². The number of carbonyl (C=O) groups excluding carboxylic acids is 1. The summed E-state index contributed by atoms with van der Waals surface area (Å²) in [6.07, 6.45) is 3.07. The summed E-state index contributed by atoms with van der Waals surface area (Å²) in [5, 5.41) is 0. The van der Waals surface area contributed by atoms with E-state index in [1.165, 1.54) is 33.8 Å². The minimum absolute atomic E-state index is 0.0816. The third-order valence-corrected chi connectivity index (χ3v) is 9.25. The van der Waals surface area contributed by atoms with E-state index in [2.05, 4.69) is 54.0 Å². The normalized spacial score (nSPS) is 24.4. The van der Waals surface area contributed by atoms with Crippen molar-refractivity contribution in [1.29, 1.82) is 0 Å². The third-order valence-electron chi connectivity index (χ3n) is 7.96. The summed E-state index contributed by atoms with van der Waals surface area (Å²) < 4.78 is 11.2. The molecule has 0 saturated carbocycles. The van der Waals surface area contributed by atoms with Gasteiger partial charge in [0.25, 0.3) is 0 Å². The lowest BCUT2D eigenvalue weighted by molar-refractivity contribution is 0.0240. The predicted molar refractivity (Wildman–Crippen MR) is 155 cm³/mol. The van der Waals surface area contributed by atoms with Crippen LogP contribution in [-0.2, 0) is 15.0 Å². The smallest absolute Gasteiger partial charge is 0.410 e. The lowest BCUT2D eigenvalue weighted by atomic mass is 9.84. The number of ether oxygens (including phenoxy) is 2. The number of aryl methyl sites for hydroxylation is 1. The molecule has 0 N–H and O–H groups in total. The summed E-state index contributed by atoms with van der Waals surface area (Å²) >= 11 is 1.89. The van der Waals surface area contributed by atoms with Gasteiger partial charge in [-0.05, 0) is 77.8 Å². The number of hydrogen-bond donors (Lipinski definition) is 0. The number of hydrogen-bond acceptors (Lipinski definition) is 7. The number of nitrogens with zero attached hydrogens (tertiary/aromatic N) is 4. The molecule has 0 bridgehead atoms. The maximum absolute atomic E-state index is 12.4. The first-order chi connectivity index (χ1) is 18.1. The van der Waals surface area contributed by atoms with Crippen LogP contribution in [0, 0.1) is 6.92 Å². The Kier molecular flexibility index (Phi) is 7.59. The Hall–Kier alpha value is -2.42. The summed E-state index contributed by atoms with van der Waals surface area (Å²) in [4.78, 5) is 27.1. The van der Waals surface area contributed by atoms with Crippen molar-refractivity contribution in [2.45, 2.75) is 71.1 Å². The van der Waals surface area contributed by atoms with E-state index in [-0.39, 0.29) is 11.6 Å². The number of methoxy groups -OCH3 is 1. The van der Waals surface area contributed by atoms with Gasteiger partial charge >= 0.3 is 6.09 Å². The molecule has 8 heteroatoms. The molecule has 0 radical (unpaired) electrons.